The summed E-state index contributed by atoms with van der Waals surface area (Å²) in [5, 5.41) is 15.9. The molecule has 3 aromatic rings. The second kappa shape index (κ2) is 12.8. The molecule has 0 aliphatic heterocycles. The van der Waals surface area contributed by atoms with Crippen LogP contribution in [-0.2, 0) is 11.3 Å². The molecule has 2 amide bonds. The van der Waals surface area contributed by atoms with Crippen molar-refractivity contribution in [3.63, 3.8) is 0 Å². The van der Waals surface area contributed by atoms with E-state index in [0.29, 0.717) is 34.5 Å². The van der Waals surface area contributed by atoms with Crippen LogP contribution in [0.1, 0.15) is 42.5 Å². The molecule has 2 aromatic carbocycles. The van der Waals surface area contributed by atoms with Gasteiger partial charge in [-0.3, -0.25) is 9.59 Å². The number of halogens is 2. The number of thioether (sulfide) groups is 1. The molecule has 10 heteroatoms. The number of hydrogen-bond acceptors (Lipinski definition) is 5. The van der Waals surface area contributed by atoms with Crippen LogP contribution in [0.2, 0.25) is 10.0 Å². The smallest absolute Gasteiger partial charge is 0.253 e. The number of amides is 2. The first-order valence-corrected chi connectivity index (χ1v) is 12.8. The lowest BCUT2D eigenvalue weighted by molar-refractivity contribution is -0.113. The van der Waals surface area contributed by atoms with Crippen LogP contribution in [0.5, 0.6) is 0 Å². The van der Waals surface area contributed by atoms with E-state index in [2.05, 4.69) is 41.3 Å². The van der Waals surface area contributed by atoms with Crippen molar-refractivity contribution in [2.75, 3.05) is 11.1 Å². The first-order valence-electron chi connectivity index (χ1n) is 11.1. The number of anilines is 1. The predicted molar refractivity (Wildman–Crippen MR) is 142 cm³/mol. The van der Waals surface area contributed by atoms with Gasteiger partial charge in [-0.05, 0) is 42.7 Å². The van der Waals surface area contributed by atoms with Crippen LogP contribution in [0.25, 0.3) is 0 Å². The zero-order valence-corrected chi connectivity index (χ0v) is 21.8. The van der Waals surface area contributed by atoms with E-state index in [9.17, 15) is 9.59 Å². The van der Waals surface area contributed by atoms with Gasteiger partial charge < -0.3 is 15.2 Å². The summed E-state index contributed by atoms with van der Waals surface area (Å²) >= 11 is 13.5. The SMILES string of the molecule is C=CCn1c(SCC(=O)Nc2ccccc2)nnc1[C@@H](CC(C)C)NC(=O)c1ccc(Cl)cc1Cl. The van der Waals surface area contributed by atoms with E-state index in [0.717, 1.165) is 5.69 Å². The highest BCUT2D eigenvalue weighted by molar-refractivity contribution is 7.99. The number of aromatic nitrogens is 3. The Labute approximate surface area is 219 Å². The lowest BCUT2D eigenvalue weighted by Gasteiger charge is -2.21. The summed E-state index contributed by atoms with van der Waals surface area (Å²) in [4.78, 5) is 25.4. The second-order valence-electron chi connectivity index (χ2n) is 8.22. The maximum atomic E-state index is 13.0. The van der Waals surface area contributed by atoms with Crippen LogP contribution in [-0.4, -0.2) is 32.3 Å². The highest BCUT2D eigenvalue weighted by Gasteiger charge is 2.25. The molecule has 7 nitrogen and oxygen atoms in total. The Morgan fingerprint density at radius 3 is 2.54 bits per heavy atom. The minimum Gasteiger partial charge on any atom is -0.342 e. The number of benzene rings is 2. The third kappa shape index (κ3) is 7.59. The molecule has 1 aromatic heterocycles. The van der Waals surface area contributed by atoms with E-state index < -0.39 is 6.04 Å². The van der Waals surface area contributed by atoms with Gasteiger partial charge in [0.05, 0.1) is 22.4 Å². The fourth-order valence-electron chi connectivity index (χ4n) is 3.42. The quantitative estimate of drug-likeness (QED) is 0.233. The molecule has 0 bridgehead atoms. The molecule has 0 radical (unpaired) electrons. The Morgan fingerprint density at radius 1 is 1.14 bits per heavy atom. The van der Waals surface area contributed by atoms with Crippen molar-refractivity contribution in [2.45, 2.75) is 38.0 Å². The number of nitrogens with zero attached hydrogens (tertiary/aromatic N) is 3. The molecule has 0 saturated heterocycles. The molecule has 3 rings (SSSR count). The number of carbonyl (C=O) groups excluding carboxylic acids is 2. The van der Waals surface area contributed by atoms with Crippen molar-refractivity contribution in [3.8, 4) is 0 Å². The number of hydrogen-bond donors (Lipinski definition) is 2. The van der Waals surface area contributed by atoms with Crippen LogP contribution < -0.4 is 10.6 Å². The van der Waals surface area contributed by atoms with Crippen LogP contribution >= 0.6 is 35.0 Å². The number of nitrogens with one attached hydrogen (secondary N) is 2. The minimum absolute atomic E-state index is 0.152. The van der Waals surface area contributed by atoms with Gasteiger partial charge >= 0.3 is 0 Å². The minimum atomic E-state index is -0.422. The van der Waals surface area contributed by atoms with Gasteiger partial charge in [0, 0.05) is 17.3 Å². The Kier molecular flexibility index (Phi) is 9.77. The maximum Gasteiger partial charge on any atom is 0.253 e. The summed E-state index contributed by atoms with van der Waals surface area (Å²) in [7, 11) is 0. The highest BCUT2D eigenvalue weighted by atomic mass is 35.5. The van der Waals surface area contributed by atoms with Crippen LogP contribution in [0.3, 0.4) is 0 Å². The summed E-state index contributed by atoms with van der Waals surface area (Å²) in [6.45, 7) is 8.39. The average Bonchev–Trinajstić information content (AvgIpc) is 3.20. The molecule has 35 heavy (non-hydrogen) atoms. The van der Waals surface area contributed by atoms with Gasteiger partial charge in [0.25, 0.3) is 5.91 Å². The summed E-state index contributed by atoms with van der Waals surface area (Å²) in [6, 6.07) is 13.6. The second-order valence-corrected chi connectivity index (χ2v) is 10.0. The van der Waals surface area contributed by atoms with Crippen LogP contribution in [0, 0.1) is 5.92 Å². The van der Waals surface area contributed by atoms with E-state index in [1.807, 2.05) is 34.9 Å². The van der Waals surface area contributed by atoms with Gasteiger partial charge in [-0.1, -0.05) is 73.1 Å². The Hall–Kier alpha value is -2.81. The molecule has 0 aliphatic carbocycles. The fourth-order valence-corrected chi connectivity index (χ4v) is 4.67. The molecule has 0 fully saturated rings. The van der Waals surface area contributed by atoms with E-state index in [1.54, 1.807) is 18.2 Å². The first-order chi connectivity index (χ1) is 16.8. The number of rotatable bonds is 11. The van der Waals surface area contributed by atoms with Gasteiger partial charge in [-0.15, -0.1) is 16.8 Å². The summed E-state index contributed by atoms with van der Waals surface area (Å²) < 4.78 is 1.87. The molecule has 184 valence electrons. The van der Waals surface area contributed by atoms with E-state index >= 15 is 0 Å². The Morgan fingerprint density at radius 2 is 1.89 bits per heavy atom. The standard InChI is InChI=1S/C25H27Cl2N5O2S/c1-4-12-32-23(30-31-25(32)35-15-22(33)28-18-8-6-5-7-9-18)21(13-16(2)3)29-24(34)19-11-10-17(26)14-20(19)27/h4-11,14,16,21H,1,12-13,15H2,2-3H3,(H,28,33)(H,29,34)/t21-/m1/s1. The monoisotopic (exact) mass is 531 g/mol. The van der Waals surface area contributed by atoms with E-state index in [4.69, 9.17) is 23.2 Å². The molecule has 0 unspecified atom stereocenters. The Balaban J connectivity index is 1.79. The molecule has 1 atom stereocenters. The van der Waals surface area contributed by atoms with Crippen molar-refractivity contribution in [1.29, 1.82) is 0 Å². The Bertz CT molecular complexity index is 1180. The van der Waals surface area contributed by atoms with Crippen molar-refractivity contribution in [2.24, 2.45) is 5.92 Å². The van der Waals surface area contributed by atoms with Crippen molar-refractivity contribution in [3.05, 3.63) is 82.6 Å². The predicted octanol–water partition coefficient (Wildman–Crippen LogP) is 6.02. The van der Waals surface area contributed by atoms with E-state index in [-0.39, 0.29) is 28.5 Å². The molecule has 0 saturated carbocycles. The largest absolute Gasteiger partial charge is 0.342 e. The molecule has 2 N–H and O–H groups in total. The van der Waals surface area contributed by atoms with Crippen LogP contribution in [0.4, 0.5) is 5.69 Å². The highest BCUT2D eigenvalue weighted by Crippen LogP contribution is 2.27. The third-order valence-electron chi connectivity index (χ3n) is 4.95. The van der Waals surface area contributed by atoms with Crippen LogP contribution in [0.15, 0.2) is 66.3 Å². The molecular formula is C25H27Cl2N5O2S. The first kappa shape index (κ1) is 26.8. The lowest BCUT2D eigenvalue weighted by Crippen LogP contribution is -2.32. The summed E-state index contributed by atoms with van der Waals surface area (Å²) in [5.74, 6) is 0.527. The van der Waals surface area contributed by atoms with Gasteiger partial charge in [0.2, 0.25) is 5.91 Å². The van der Waals surface area contributed by atoms with Gasteiger partial charge in [0.15, 0.2) is 11.0 Å². The zero-order valence-electron chi connectivity index (χ0n) is 19.5. The number of allylic oxidation sites excluding steroid dienone is 1. The molecular weight excluding hydrogens is 505 g/mol. The van der Waals surface area contributed by atoms with Gasteiger partial charge in [-0.25, -0.2) is 0 Å². The normalized spacial score (nSPS) is 11.8. The number of carbonyl (C=O) groups is 2. The van der Waals surface area contributed by atoms with Crippen molar-refractivity contribution < 1.29 is 9.59 Å². The van der Waals surface area contributed by atoms with Crippen molar-refractivity contribution in [1.82, 2.24) is 20.1 Å². The summed E-state index contributed by atoms with van der Waals surface area (Å²) in [5.41, 5.74) is 1.05. The van der Waals surface area contributed by atoms with Gasteiger partial charge in [0.1, 0.15) is 0 Å². The third-order valence-corrected chi connectivity index (χ3v) is 6.46. The molecule has 0 aliphatic rings. The topological polar surface area (TPSA) is 88.9 Å². The summed E-state index contributed by atoms with van der Waals surface area (Å²) in [6.07, 6.45) is 2.36. The molecule has 1 heterocycles. The lowest BCUT2D eigenvalue weighted by atomic mass is 10.0. The van der Waals surface area contributed by atoms with Crippen molar-refractivity contribution >= 4 is 52.5 Å². The number of para-hydroxylation sites is 1. The van der Waals surface area contributed by atoms with Gasteiger partial charge in [-0.2, -0.15) is 0 Å². The van der Waals surface area contributed by atoms with E-state index in [1.165, 1.54) is 17.8 Å². The zero-order chi connectivity index (χ0) is 25.4. The average molecular weight is 532 g/mol. The fraction of sp³-hybridized carbons (Fsp3) is 0.280. The maximum absolute atomic E-state index is 13.0. The molecule has 0 spiro atoms.